The lowest BCUT2D eigenvalue weighted by atomic mass is 10.2. The molecule has 0 saturated carbocycles. The fourth-order valence-electron chi connectivity index (χ4n) is 1.85. The Morgan fingerprint density at radius 1 is 1.53 bits per heavy atom. The molecule has 0 aromatic heterocycles. The molecule has 1 aliphatic rings. The summed E-state index contributed by atoms with van der Waals surface area (Å²) in [5.41, 5.74) is 0. The molecule has 1 saturated heterocycles. The molecule has 0 amide bonds. The highest BCUT2D eigenvalue weighted by molar-refractivity contribution is 7.90. The van der Waals surface area contributed by atoms with Crippen molar-refractivity contribution in [3.05, 3.63) is 0 Å². The second kappa shape index (κ2) is 4.97. The van der Waals surface area contributed by atoms with E-state index in [1.807, 2.05) is 19.0 Å². The first-order valence-corrected chi connectivity index (χ1v) is 6.89. The van der Waals surface area contributed by atoms with Gasteiger partial charge in [0.1, 0.15) is 5.21 Å². The van der Waals surface area contributed by atoms with E-state index in [0.29, 0.717) is 13.0 Å². The lowest BCUT2D eigenvalue weighted by Gasteiger charge is -2.25. The largest absolute Gasteiger partial charge is 0.392 e. The summed E-state index contributed by atoms with van der Waals surface area (Å²) in [4.78, 5) is 1.90. The Balaban J connectivity index is 2.77. The second-order valence-corrected chi connectivity index (χ2v) is 6.60. The lowest BCUT2D eigenvalue weighted by Crippen LogP contribution is -2.41. The fraction of sp³-hybridized carbons (Fsp3) is 1.00. The number of hydrogen-bond acceptors (Lipinski definition) is 4. The Bertz CT molecular complexity index is 307. The summed E-state index contributed by atoms with van der Waals surface area (Å²) < 4.78 is 24.5. The van der Waals surface area contributed by atoms with Gasteiger partial charge in [-0.2, -0.15) is 4.31 Å². The zero-order valence-electron chi connectivity index (χ0n) is 8.93. The Labute approximate surface area is 95.7 Å². The average Bonchev–Trinajstić information content (AvgIpc) is 2.46. The van der Waals surface area contributed by atoms with Crippen LogP contribution < -0.4 is 0 Å². The van der Waals surface area contributed by atoms with E-state index in [0.717, 1.165) is 0 Å². The van der Waals surface area contributed by atoms with Crippen LogP contribution in [0.2, 0.25) is 0 Å². The van der Waals surface area contributed by atoms with Crippen LogP contribution in [0.4, 0.5) is 0 Å². The zero-order chi connectivity index (χ0) is 11.6. The first-order valence-electron chi connectivity index (χ1n) is 4.75. The number of aliphatic hydroxyl groups excluding tert-OH is 1. The summed E-state index contributed by atoms with van der Waals surface area (Å²) in [6, 6.07) is -0.168. The van der Waals surface area contributed by atoms with Crippen molar-refractivity contribution in [2.75, 3.05) is 32.4 Å². The van der Waals surface area contributed by atoms with Gasteiger partial charge >= 0.3 is 0 Å². The number of halogens is 1. The summed E-state index contributed by atoms with van der Waals surface area (Å²) in [7, 11) is 0.329. The van der Waals surface area contributed by atoms with Gasteiger partial charge in [-0.1, -0.05) is 0 Å². The lowest BCUT2D eigenvalue weighted by molar-refractivity contribution is 0.188. The summed E-state index contributed by atoms with van der Waals surface area (Å²) in [5.74, 6) is 0. The summed E-state index contributed by atoms with van der Waals surface area (Å²) in [6.07, 6.45) is -0.0955. The predicted octanol–water partition coefficient (Wildman–Crippen LogP) is -0.491. The third-order valence-electron chi connectivity index (χ3n) is 2.41. The Morgan fingerprint density at radius 3 is 2.60 bits per heavy atom. The average molecular weight is 257 g/mol. The van der Waals surface area contributed by atoms with E-state index in [2.05, 4.69) is 0 Å². The molecule has 0 aliphatic carbocycles. The highest BCUT2D eigenvalue weighted by atomic mass is 35.5. The standard InChI is InChI=1S/C8H17ClN2O3S/c1-10(2)4-7-3-8(12)5-11(7)15(13,14)6-9/h7-8,12H,3-6H2,1-2H3. The van der Waals surface area contributed by atoms with Crippen molar-refractivity contribution in [2.45, 2.75) is 18.6 Å². The number of hydrogen-bond donors (Lipinski definition) is 1. The van der Waals surface area contributed by atoms with E-state index < -0.39 is 21.3 Å². The minimum absolute atomic E-state index is 0.160. The van der Waals surface area contributed by atoms with Crippen molar-refractivity contribution in [1.29, 1.82) is 0 Å². The molecule has 7 heteroatoms. The van der Waals surface area contributed by atoms with E-state index in [1.54, 1.807) is 0 Å². The maximum absolute atomic E-state index is 11.6. The fourth-order valence-corrected chi connectivity index (χ4v) is 3.36. The molecule has 2 unspecified atom stereocenters. The van der Waals surface area contributed by atoms with E-state index in [1.165, 1.54) is 4.31 Å². The normalized spacial score (nSPS) is 28.9. The van der Waals surface area contributed by atoms with Crippen molar-refractivity contribution in [2.24, 2.45) is 0 Å². The van der Waals surface area contributed by atoms with Crippen molar-refractivity contribution in [1.82, 2.24) is 9.21 Å². The van der Waals surface area contributed by atoms with Crippen LogP contribution in [-0.4, -0.2) is 67.3 Å². The number of aliphatic hydroxyl groups is 1. The van der Waals surface area contributed by atoms with Crippen LogP contribution in [0.25, 0.3) is 0 Å². The smallest absolute Gasteiger partial charge is 0.228 e. The van der Waals surface area contributed by atoms with E-state index in [9.17, 15) is 13.5 Å². The van der Waals surface area contributed by atoms with Crippen molar-refractivity contribution < 1.29 is 13.5 Å². The molecule has 0 aromatic carbocycles. The number of sulfonamides is 1. The molecular weight excluding hydrogens is 240 g/mol. The van der Waals surface area contributed by atoms with Crippen LogP contribution in [0.3, 0.4) is 0 Å². The Morgan fingerprint density at radius 2 is 2.13 bits per heavy atom. The van der Waals surface area contributed by atoms with Crippen LogP contribution in [0.1, 0.15) is 6.42 Å². The van der Waals surface area contributed by atoms with E-state index in [4.69, 9.17) is 11.6 Å². The van der Waals surface area contributed by atoms with Gasteiger partial charge in [-0.05, 0) is 20.5 Å². The number of rotatable bonds is 4. The van der Waals surface area contributed by atoms with Crippen molar-refractivity contribution >= 4 is 21.6 Å². The van der Waals surface area contributed by atoms with E-state index >= 15 is 0 Å². The molecule has 1 aliphatic heterocycles. The quantitative estimate of drug-likeness (QED) is 0.690. The van der Waals surface area contributed by atoms with Gasteiger partial charge in [-0.3, -0.25) is 0 Å². The number of nitrogens with zero attached hydrogens (tertiary/aromatic N) is 2. The molecule has 0 aromatic rings. The first-order chi connectivity index (χ1) is 6.86. The molecule has 0 bridgehead atoms. The van der Waals surface area contributed by atoms with Crippen molar-refractivity contribution in [3.63, 3.8) is 0 Å². The molecule has 0 spiro atoms. The number of β-amino-alcohol motifs (C(OH)–C–C–N with tert-alkyl or cyclic N) is 1. The molecule has 1 heterocycles. The maximum Gasteiger partial charge on any atom is 0.228 e. The molecule has 2 atom stereocenters. The van der Waals surface area contributed by atoms with Gasteiger partial charge in [0, 0.05) is 19.1 Å². The first kappa shape index (κ1) is 13.2. The molecular formula is C8H17ClN2O3S. The van der Waals surface area contributed by atoms with Gasteiger partial charge in [-0.25, -0.2) is 8.42 Å². The zero-order valence-corrected chi connectivity index (χ0v) is 10.5. The van der Waals surface area contributed by atoms with Crippen LogP contribution >= 0.6 is 11.6 Å². The summed E-state index contributed by atoms with van der Waals surface area (Å²) >= 11 is 5.40. The summed E-state index contributed by atoms with van der Waals surface area (Å²) in [5, 5.41) is 9.05. The van der Waals surface area contributed by atoms with Gasteiger partial charge in [0.05, 0.1) is 6.10 Å². The Kier molecular flexibility index (Phi) is 4.37. The molecule has 5 nitrogen and oxygen atoms in total. The van der Waals surface area contributed by atoms with Gasteiger partial charge in [0.2, 0.25) is 10.0 Å². The second-order valence-electron chi connectivity index (χ2n) is 4.10. The number of likely N-dealkylation sites (N-methyl/N-ethyl adjacent to an activating group) is 1. The minimum atomic E-state index is -3.41. The molecule has 15 heavy (non-hydrogen) atoms. The monoisotopic (exact) mass is 256 g/mol. The third kappa shape index (κ3) is 3.29. The highest BCUT2D eigenvalue weighted by Gasteiger charge is 2.38. The van der Waals surface area contributed by atoms with Crippen LogP contribution in [0.15, 0.2) is 0 Å². The molecule has 1 rings (SSSR count). The maximum atomic E-state index is 11.6. The summed E-state index contributed by atoms with van der Waals surface area (Å²) in [6.45, 7) is 0.765. The van der Waals surface area contributed by atoms with Crippen LogP contribution in [0, 0.1) is 0 Å². The third-order valence-corrected chi connectivity index (χ3v) is 4.68. The molecule has 1 fully saturated rings. The van der Waals surface area contributed by atoms with Gasteiger partial charge in [0.25, 0.3) is 0 Å². The van der Waals surface area contributed by atoms with Gasteiger partial charge in [0.15, 0.2) is 0 Å². The number of alkyl halides is 1. The van der Waals surface area contributed by atoms with Gasteiger partial charge in [-0.15, -0.1) is 11.6 Å². The van der Waals surface area contributed by atoms with Crippen LogP contribution in [-0.2, 0) is 10.0 Å². The van der Waals surface area contributed by atoms with Crippen molar-refractivity contribution in [3.8, 4) is 0 Å². The topological polar surface area (TPSA) is 60.9 Å². The highest BCUT2D eigenvalue weighted by Crippen LogP contribution is 2.22. The van der Waals surface area contributed by atoms with Gasteiger partial charge < -0.3 is 10.0 Å². The molecule has 0 radical (unpaired) electrons. The van der Waals surface area contributed by atoms with E-state index in [-0.39, 0.29) is 12.6 Å². The predicted molar refractivity (Wildman–Crippen MR) is 59.3 cm³/mol. The Hall–Kier alpha value is 0.120. The SMILES string of the molecule is CN(C)CC1CC(O)CN1S(=O)(=O)CCl. The molecule has 1 N–H and O–H groups in total. The minimum Gasteiger partial charge on any atom is -0.392 e. The molecule has 90 valence electrons. The van der Waals surface area contributed by atoms with Crippen LogP contribution in [0.5, 0.6) is 0 Å².